The van der Waals surface area contributed by atoms with Crippen LogP contribution in [0, 0.1) is 17.1 Å². The molecular weight excluding hydrogens is 255 g/mol. The van der Waals surface area contributed by atoms with Gasteiger partial charge >= 0.3 is 0 Å². The fourth-order valence-corrected chi connectivity index (χ4v) is 2.72. The molecule has 0 radical (unpaired) electrons. The molecule has 0 unspecified atom stereocenters. The van der Waals surface area contributed by atoms with Gasteiger partial charge in [0.2, 0.25) is 0 Å². The Labute approximate surface area is 106 Å². The summed E-state index contributed by atoms with van der Waals surface area (Å²) in [5.41, 5.74) is 0.442. The van der Waals surface area contributed by atoms with Crippen molar-refractivity contribution < 1.29 is 12.8 Å². The number of anilines is 1. The zero-order valence-corrected chi connectivity index (χ0v) is 10.9. The molecule has 1 aromatic rings. The van der Waals surface area contributed by atoms with Gasteiger partial charge in [0.1, 0.15) is 5.82 Å². The van der Waals surface area contributed by atoms with E-state index < -0.39 is 15.7 Å². The SMILES string of the molecule is CCCS(=O)(=O)CCNc1ccc(C#N)cc1F. The first-order chi connectivity index (χ1) is 8.48. The maximum absolute atomic E-state index is 13.4. The predicted molar refractivity (Wildman–Crippen MR) is 68.5 cm³/mol. The van der Waals surface area contributed by atoms with Crippen molar-refractivity contribution >= 4 is 15.5 Å². The Balaban J connectivity index is 2.58. The molecule has 0 aliphatic heterocycles. The summed E-state index contributed by atoms with van der Waals surface area (Å²) >= 11 is 0. The first-order valence-corrected chi connectivity index (χ1v) is 7.44. The first kappa shape index (κ1) is 14.5. The van der Waals surface area contributed by atoms with Crippen LogP contribution in [-0.4, -0.2) is 26.5 Å². The standard InChI is InChI=1S/C12H15FN2O2S/c1-2-6-18(16,17)7-5-15-12-4-3-10(9-14)8-11(12)13/h3-4,8,15H,2,5-7H2,1H3. The highest BCUT2D eigenvalue weighted by atomic mass is 32.2. The number of benzene rings is 1. The molecule has 6 heteroatoms. The van der Waals surface area contributed by atoms with Crippen LogP contribution in [-0.2, 0) is 9.84 Å². The van der Waals surface area contributed by atoms with Gasteiger partial charge in [-0.05, 0) is 24.6 Å². The van der Waals surface area contributed by atoms with E-state index in [9.17, 15) is 12.8 Å². The molecule has 0 aliphatic carbocycles. The van der Waals surface area contributed by atoms with Crippen molar-refractivity contribution in [3.05, 3.63) is 29.6 Å². The second-order valence-corrected chi connectivity index (χ2v) is 6.19. The Hall–Kier alpha value is -1.61. The third kappa shape index (κ3) is 4.34. The van der Waals surface area contributed by atoms with Crippen LogP contribution in [0.1, 0.15) is 18.9 Å². The number of halogens is 1. The predicted octanol–water partition coefficient (Wildman–Crippen LogP) is 1.93. The molecule has 0 heterocycles. The van der Waals surface area contributed by atoms with E-state index in [-0.39, 0.29) is 29.3 Å². The van der Waals surface area contributed by atoms with Crippen molar-refractivity contribution in [3.63, 3.8) is 0 Å². The average molecular weight is 270 g/mol. The van der Waals surface area contributed by atoms with Crippen molar-refractivity contribution in [2.45, 2.75) is 13.3 Å². The van der Waals surface area contributed by atoms with Gasteiger partial charge in [-0.15, -0.1) is 0 Å². The fourth-order valence-electron chi connectivity index (χ4n) is 1.48. The van der Waals surface area contributed by atoms with Gasteiger partial charge in [-0.25, -0.2) is 12.8 Å². The van der Waals surface area contributed by atoms with Gasteiger partial charge in [-0.2, -0.15) is 5.26 Å². The van der Waals surface area contributed by atoms with E-state index in [2.05, 4.69) is 5.32 Å². The van der Waals surface area contributed by atoms with Gasteiger partial charge < -0.3 is 5.32 Å². The lowest BCUT2D eigenvalue weighted by atomic mass is 10.2. The van der Waals surface area contributed by atoms with Gasteiger partial charge in [0, 0.05) is 12.3 Å². The highest BCUT2D eigenvalue weighted by molar-refractivity contribution is 7.91. The summed E-state index contributed by atoms with van der Waals surface area (Å²) < 4.78 is 36.3. The number of nitrogens with one attached hydrogen (secondary N) is 1. The summed E-state index contributed by atoms with van der Waals surface area (Å²) in [6.45, 7) is 1.95. The number of rotatable bonds is 6. The lowest BCUT2D eigenvalue weighted by molar-refractivity contribution is 0.594. The summed E-state index contributed by atoms with van der Waals surface area (Å²) in [6.07, 6.45) is 0.577. The molecule has 0 spiro atoms. The smallest absolute Gasteiger partial charge is 0.152 e. The molecule has 0 aromatic heterocycles. The van der Waals surface area contributed by atoms with Gasteiger partial charge in [-0.3, -0.25) is 0 Å². The lowest BCUT2D eigenvalue weighted by Gasteiger charge is -2.08. The van der Waals surface area contributed by atoms with Crippen LogP contribution in [0.15, 0.2) is 18.2 Å². The van der Waals surface area contributed by atoms with E-state index in [0.717, 1.165) is 6.07 Å². The maximum Gasteiger partial charge on any atom is 0.152 e. The van der Waals surface area contributed by atoms with Crippen molar-refractivity contribution in [1.29, 1.82) is 5.26 Å². The van der Waals surface area contributed by atoms with E-state index in [1.807, 2.05) is 6.07 Å². The molecule has 0 aliphatic rings. The van der Waals surface area contributed by atoms with Crippen LogP contribution in [0.2, 0.25) is 0 Å². The van der Waals surface area contributed by atoms with Crippen LogP contribution in [0.3, 0.4) is 0 Å². The Morgan fingerprint density at radius 2 is 2.11 bits per heavy atom. The molecule has 0 amide bonds. The lowest BCUT2D eigenvalue weighted by Crippen LogP contribution is -2.18. The Morgan fingerprint density at radius 3 is 2.67 bits per heavy atom. The zero-order valence-electron chi connectivity index (χ0n) is 10.1. The van der Waals surface area contributed by atoms with Gasteiger partial charge in [0.25, 0.3) is 0 Å². The molecule has 98 valence electrons. The summed E-state index contributed by atoms with van der Waals surface area (Å²) in [5, 5.41) is 11.3. The molecule has 0 saturated heterocycles. The molecule has 0 atom stereocenters. The average Bonchev–Trinajstić information content (AvgIpc) is 2.31. The van der Waals surface area contributed by atoms with E-state index in [1.165, 1.54) is 12.1 Å². The number of nitrogens with zero attached hydrogens (tertiary/aromatic N) is 1. The molecule has 18 heavy (non-hydrogen) atoms. The summed E-state index contributed by atoms with van der Waals surface area (Å²) in [5.74, 6) is -0.438. The Bertz CT molecular complexity index is 550. The van der Waals surface area contributed by atoms with Crippen molar-refractivity contribution in [3.8, 4) is 6.07 Å². The van der Waals surface area contributed by atoms with Gasteiger partial charge in [0.05, 0.1) is 23.1 Å². The van der Waals surface area contributed by atoms with Crippen molar-refractivity contribution in [1.82, 2.24) is 0 Å². The largest absolute Gasteiger partial charge is 0.382 e. The second kappa shape index (κ2) is 6.36. The minimum Gasteiger partial charge on any atom is -0.382 e. The molecule has 1 rings (SSSR count). The van der Waals surface area contributed by atoms with Crippen molar-refractivity contribution in [2.75, 3.05) is 23.4 Å². The molecule has 0 saturated carbocycles. The molecule has 4 nitrogen and oxygen atoms in total. The third-order valence-corrected chi connectivity index (χ3v) is 4.20. The Kier molecular flexibility index (Phi) is 5.10. The second-order valence-electron chi connectivity index (χ2n) is 3.89. The van der Waals surface area contributed by atoms with Gasteiger partial charge in [-0.1, -0.05) is 6.92 Å². The monoisotopic (exact) mass is 270 g/mol. The minimum atomic E-state index is -3.06. The summed E-state index contributed by atoms with van der Waals surface area (Å²) in [7, 11) is -3.06. The Morgan fingerprint density at radius 1 is 1.39 bits per heavy atom. The molecule has 1 aromatic carbocycles. The van der Waals surface area contributed by atoms with E-state index in [1.54, 1.807) is 6.92 Å². The topological polar surface area (TPSA) is 70.0 Å². The number of hydrogen-bond donors (Lipinski definition) is 1. The zero-order chi connectivity index (χ0) is 13.6. The van der Waals surface area contributed by atoms with Crippen LogP contribution >= 0.6 is 0 Å². The normalized spacial score (nSPS) is 10.9. The number of hydrogen-bond acceptors (Lipinski definition) is 4. The van der Waals surface area contributed by atoms with E-state index >= 15 is 0 Å². The highest BCUT2D eigenvalue weighted by Crippen LogP contribution is 2.15. The minimum absolute atomic E-state index is 0.0275. The van der Waals surface area contributed by atoms with Crippen molar-refractivity contribution in [2.24, 2.45) is 0 Å². The quantitative estimate of drug-likeness (QED) is 0.857. The number of nitriles is 1. The molecule has 1 N–H and O–H groups in total. The fraction of sp³-hybridized carbons (Fsp3) is 0.417. The molecular formula is C12H15FN2O2S. The third-order valence-electron chi connectivity index (χ3n) is 2.34. The first-order valence-electron chi connectivity index (χ1n) is 5.62. The van der Waals surface area contributed by atoms with Crippen LogP contribution in [0.25, 0.3) is 0 Å². The molecule has 0 fully saturated rings. The maximum atomic E-state index is 13.4. The molecule has 0 bridgehead atoms. The van der Waals surface area contributed by atoms with Gasteiger partial charge in [0.15, 0.2) is 9.84 Å². The number of sulfone groups is 1. The summed E-state index contributed by atoms with van der Waals surface area (Å²) in [6, 6.07) is 5.85. The van der Waals surface area contributed by atoms with E-state index in [4.69, 9.17) is 5.26 Å². The summed E-state index contributed by atoms with van der Waals surface area (Å²) in [4.78, 5) is 0. The van der Waals surface area contributed by atoms with E-state index in [0.29, 0.717) is 6.42 Å². The van der Waals surface area contributed by atoms with Crippen LogP contribution in [0.5, 0.6) is 0 Å². The van der Waals surface area contributed by atoms with Crippen LogP contribution in [0.4, 0.5) is 10.1 Å². The highest BCUT2D eigenvalue weighted by Gasteiger charge is 2.09. The van der Waals surface area contributed by atoms with Crippen LogP contribution < -0.4 is 5.32 Å².